The smallest absolute Gasteiger partial charge is 0.00820 e. The third-order valence-electron chi connectivity index (χ3n) is 4.20. The highest BCUT2D eigenvalue weighted by Crippen LogP contribution is 2.29. The van der Waals surface area contributed by atoms with Crippen LogP contribution in [0.1, 0.15) is 50.8 Å². The van der Waals surface area contributed by atoms with E-state index in [-0.39, 0.29) is 6.04 Å². The van der Waals surface area contributed by atoms with E-state index in [9.17, 15) is 0 Å². The highest BCUT2D eigenvalue weighted by molar-refractivity contribution is 5.30. The van der Waals surface area contributed by atoms with E-state index < -0.39 is 0 Å². The van der Waals surface area contributed by atoms with Crippen LogP contribution in [-0.2, 0) is 6.42 Å². The molecule has 0 bridgehead atoms. The van der Waals surface area contributed by atoms with Crippen molar-refractivity contribution in [2.75, 3.05) is 0 Å². The van der Waals surface area contributed by atoms with Crippen LogP contribution < -0.4 is 5.73 Å². The molecular weight excluding hydrogens is 218 g/mol. The number of hydrogen-bond acceptors (Lipinski definition) is 1. The maximum atomic E-state index is 6.29. The van der Waals surface area contributed by atoms with Crippen molar-refractivity contribution in [3.05, 3.63) is 34.9 Å². The molecule has 1 nitrogen and oxygen atoms in total. The van der Waals surface area contributed by atoms with Crippen LogP contribution in [0.5, 0.6) is 0 Å². The van der Waals surface area contributed by atoms with Gasteiger partial charge in [0.15, 0.2) is 0 Å². The minimum absolute atomic E-state index is 0.265. The Morgan fingerprint density at radius 1 is 1.11 bits per heavy atom. The van der Waals surface area contributed by atoms with E-state index >= 15 is 0 Å². The maximum absolute atomic E-state index is 6.29. The Kier molecular flexibility index (Phi) is 4.98. The summed E-state index contributed by atoms with van der Waals surface area (Å²) in [6, 6.07) is 6.95. The van der Waals surface area contributed by atoms with E-state index in [1.54, 1.807) is 0 Å². The van der Waals surface area contributed by atoms with Crippen LogP contribution in [0.2, 0.25) is 0 Å². The minimum atomic E-state index is 0.265. The molecule has 102 valence electrons. The summed E-state index contributed by atoms with van der Waals surface area (Å²) in [7, 11) is 0. The van der Waals surface area contributed by atoms with E-state index in [2.05, 4.69) is 59.7 Å². The van der Waals surface area contributed by atoms with Gasteiger partial charge in [0.25, 0.3) is 0 Å². The molecule has 0 radical (unpaired) electrons. The highest BCUT2D eigenvalue weighted by atomic mass is 14.6. The number of benzene rings is 1. The summed E-state index contributed by atoms with van der Waals surface area (Å²) < 4.78 is 0. The van der Waals surface area contributed by atoms with Gasteiger partial charge in [-0.25, -0.2) is 0 Å². The molecule has 0 heterocycles. The lowest BCUT2D eigenvalue weighted by atomic mass is 9.78. The Hall–Kier alpha value is -0.820. The predicted molar refractivity (Wildman–Crippen MR) is 80.8 cm³/mol. The summed E-state index contributed by atoms with van der Waals surface area (Å²) in [6.45, 7) is 13.5. The number of aryl methyl sites for hydroxylation is 2. The van der Waals surface area contributed by atoms with Gasteiger partial charge in [0.05, 0.1) is 0 Å². The van der Waals surface area contributed by atoms with E-state index in [1.807, 2.05) is 0 Å². The molecule has 18 heavy (non-hydrogen) atoms. The van der Waals surface area contributed by atoms with Crippen molar-refractivity contribution in [2.24, 2.45) is 17.1 Å². The number of hydrogen-bond donors (Lipinski definition) is 1. The Bertz CT molecular complexity index is 387. The van der Waals surface area contributed by atoms with Gasteiger partial charge in [-0.3, -0.25) is 0 Å². The van der Waals surface area contributed by atoms with Crippen LogP contribution in [0.15, 0.2) is 18.2 Å². The average Bonchev–Trinajstić information content (AvgIpc) is 2.22. The van der Waals surface area contributed by atoms with E-state index in [4.69, 9.17) is 5.73 Å². The van der Waals surface area contributed by atoms with E-state index in [0.29, 0.717) is 11.3 Å². The van der Waals surface area contributed by atoms with Gasteiger partial charge in [-0.15, -0.1) is 0 Å². The van der Waals surface area contributed by atoms with Crippen LogP contribution in [0.25, 0.3) is 0 Å². The average molecular weight is 247 g/mol. The van der Waals surface area contributed by atoms with Gasteiger partial charge < -0.3 is 5.73 Å². The molecule has 1 aromatic rings. The lowest BCUT2D eigenvalue weighted by molar-refractivity contribution is 0.233. The number of nitrogens with two attached hydrogens (primary N) is 1. The van der Waals surface area contributed by atoms with Crippen LogP contribution in [-0.4, -0.2) is 6.04 Å². The predicted octanol–water partition coefficient (Wildman–Crippen LogP) is 4.25. The van der Waals surface area contributed by atoms with Crippen molar-refractivity contribution in [1.82, 2.24) is 0 Å². The molecule has 1 heteroatoms. The monoisotopic (exact) mass is 247 g/mol. The normalized spacial score (nSPS) is 15.5. The van der Waals surface area contributed by atoms with Crippen molar-refractivity contribution in [2.45, 2.75) is 60.4 Å². The van der Waals surface area contributed by atoms with Gasteiger partial charge >= 0.3 is 0 Å². The van der Waals surface area contributed by atoms with Gasteiger partial charge in [0.1, 0.15) is 0 Å². The van der Waals surface area contributed by atoms with Crippen molar-refractivity contribution < 1.29 is 0 Å². The molecule has 2 N–H and O–H groups in total. The summed E-state index contributed by atoms with van der Waals surface area (Å²) in [6.07, 6.45) is 2.08. The zero-order valence-corrected chi connectivity index (χ0v) is 12.9. The molecule has 0 aliphatic heterocycles. The van der Waals surface area contributed by atoms with E-state index in [1.165, 1.54) is 16.7 Å². The first-order valence-electron chi connectivity index (χ1n) is 7.02. The fourth-order valence-corrected chi connectivity index (χ4v) is 2.12. The van der Waals surface area contributed by atoms with Crippen molar-refractivity contribution in [3.8, 4) is 0 Å². The zero-order valence-electron chi connectivity index (χ0n) is 12.9. The third-order valence-corrected chi connectivity index (χ3v) is 4.20. The molecule has 0 spiro atoms. The highest BCUT2D eigenvalue weighted by Gasteiger charge is 2.22. The molecule has 2 atom stereocenters. The Morgan fingerprint density at radius 3 is 2.22 bits per heavy atom. The van der Waals surface area contributed by atoms with Crippen LogP contribution in [0.4, 0.5) is 0 Å². The van der Waals surface area contributed by atoms with Crippen molar-refractivity contribution >= 4 is 0 Å². The lowest BCUT2D eigenvalue weighted by Gasteiger charge is -2.29. The second kappa shape index (κ2) is 5.88. The second-order valence-corrected chi connectivity index (χ2v) is 6.89. The zero-order chi connectivity index (χ0) is 13.9. The molecular formula is C17H29N. The van der Waals surface area contributed by atoms with Crippen molar-refractivity contribution in [3.63, 3.8) is 0 Å². The first-order chi connectivity index (χ1) is 8.20. The lowest BCUT2D eigenvalue weighted by Crippen LogP contribution is -2.30. The van der Waals surface area contributed by atoms with Gasteiger partial charge in [0.2, 0.25) is 0 Å². The summed E-state index contributed by atoms with van der Waals surface area (Å²) in [5, 5.41) is 0. The number of rotatable bonds is 4. The topological polar surface area (TPSA) is 26.0 Å². The molecule has 2 unspecified atom stereocenters. The fraction of sp³-hybridized carbons (Fsp3) is 0.647. The SMILES string of the molecule is Cc1ccc(CC(N)CC(C)C(C)(C)C)cc1C. The molecule has 1 aromatic carbocycles. The molecule has 0 fully saturated rings. The Balaban J connectivity index is 2.59. The summed E-state index contributed by atoms with van der Waals surface area (Å²) in [5.74, 6) is 0.652. The Morgan fingerprint density at radius 2 is 1.72 bits per heavy atom. The van der Waals surface area contributed by atoms with Gasteiger partial charge in [-0.2, -0.15) is 0 Å². The summed E-state index contributed by atoms with van der Waals surface area (Å²) >= 11 is 0. The van der Waals surface area contributed by atoms with Gasteiger partial charge in [-0.1, -0.05) is 45.9 Å². The molecule has 0 amide bonds. The Labute approximate surface area is 113 Å². The third kappa shape index (κ3) is 4.45. The fourth-order valence-electron chi connectivity index (χ4n) is 2.12. The largest absolute Gasteiger partial charge is 0.327 e. The first-order valence-corrected chi connectivity index (χ1v) is 7.02. The molecule has 0 saturated carbocycles. The molecule has 0 aliphatic carbocycles. The summed E-state index contributed by atoms with van der Waals surface area (Å²) in [4.78, 5) is 0. The quantitative estimate of drug-likeness (QED) is 0.846. The molecule has 0 aliphatic rings. The van der Waals surface area contributed by atoms with Crippen molar-refractivity contribution in [1.29, 1.82) is 0 Å². The standard InChI is InChI=1S/C17H29N/c1-12-7-8-15(9-13(12)2)11-16(18)10-14(3)17(4,5)6/h7-9,14,16H,10-11,18H2,1-6H3. The molecule has 0 saturated heterocycles. The van der Waals surface area contributed by atoms with E-state index in [0.717, 1.165) is 12.8 Å². The van der Waals surface area contributed by atoms with Crippen LogP contribution >= 0.6 is 0 Å². The van der Waals surface area contributed by atoms with Gasteiger partial charge in [-0.05, 0) is 54.7 Å². The minimum Gasteiger partial charge on any atom is -0.327 e. The maximum Gasteiger partial charge on any atom is 0.00820 e. The first kappa shape index (κ1) is 15.2. The second-order valence-electron chi connectivity index (χ2n) is 6.89. The van der Waals surface area contributed by atoms with Crippen LogP contribution in [0.3, 0.4) is 0 Å². The molecule has 0 aromatic heterocycles. The molecule has 1 rings (SSSR count). The van der Waals surface area contributed by atoms with Crippen LogP contribution in [0, 0.1) is 25.2 Å². The van der Waals surface area contributed by atoms with Gasteiger partial charge in [0, 0.05) is 6.04 Å². The summed E-state index contributed by atoms with van der Waals surface area (Å²) in [5.41, 5.74) is 10.7.